The average molecular weight is 572 g/mol. The molecule has 1 aromatic heterocycles. The molecule has 0 aliphatic heterocycles. The number of amides is 1. The molecule has 1 heterocycles. The van der Waals surface area contributed by atoms with Crippen LogP contribution in [0.2, 0.25) is 0 Å². The lowest BCUT2D eigenvalue weighted by atomic mass is 10.1. The molecule has 0 saturated carbocycles. The van der Waals surface area contributed by atoms with Crippen LogP contribution in [0.25, 0.3) is 17.1 Å². The van der Waals surface area contributed by atoms with E-state index in [0.29, 0.717) is 33.8 Å². The Kier molecular flexibility index (Phi) is 8.94. The Morgan fingerprint density at radius 2 is 1.62 bits per heavy atom. The third-order valence-electron chi connectivity index (χ3n) is 5.56. The molecule has 4 rings (SSSR count). The van der Waals surface area contributed by atoms with Gasteiger partial charge >= 0.3 is 6.18 Å². The number of alkyl halides is 3. The Morgan fingerprint density at radius 3 is 2.25 bits per heavy atom. The van der Waals surface area contributed by atoms with Crippen LogP contribution in [0.3, 0.4) is 0 Å². The van der Waals surface area contributed by atoms with Crippen molar-refractivity contribution in [1.29, 1.82) is 0 Å². The molecular weight excluding hydrogens is 547 g/mol. The van der Waals surface area contributed by atoms with E-state index in [0.717, 1.165) is 29.7 Å². The molecule has 0 bridgehead atoms. The fourth-order valence-electron chi connectivity index (χ4n) is 3.77. The number of hydrogen-bond acceptors (Lipinski definition) is 8. The van der Waals surface area contributed by atoms with Crippen molar-refractivity contribution in [2.45, 2.75) is 11.3 Å². The standard InChI is InChI=1S/C27H24F3N5O4S/c1-37-21-13-18(14-22(38-2)24(21)39-3)25-33-34-26(35(25)19-10-5-4-6-11-19)40-16-23(36)32-31-15-17-9-7-8-12-20(17)27(28,29)30/h4-15H,16H2,1-3H3,(H,32,36)/b31-15+. The van der Waals surface area contributed by atoms with Crippen molar-refractivity contribution in [2.24, 2.45) is 5.10 Å². The van der Waals surface area contributed by atoms with Crippen molar-refractivity contribution in [3.63, 3.8) is 0 Å². The van der Waals surface area contributed by atoms with Crippen molar-refractivity contribution in [2.75, 3.05) is 27.1 Å². The lowest BCUT2D eigenvalue weighted by Gasteiger charge is -2.15. The highest BCUT2D eigenvalue weighted by molar-refractivity contribution is 7.99. The molecule has 208 valence electrons. The topological polar surface area (TPSA) is 99.9 Å². The molecule has 0 saturated heterocycles. The van der Waals surface area contributed by atoms with Gasteiger partial charge in [0.05, 0.1) is 38.9 Å². The van der Waals surface area contributed by atoms with Crippen LogP contribution in [-0.4, -0.2) is 54.0 Å². The fraction of sp³-hybridized carbons (Fsp3) is 0.185. The average Bonchev–Trinajstić information content (AvgIpc) is 3.39. The van der Waals surface area contributed by atoms with Crippen LogP contribution < -0.4 is 19.6 Å². The van der Waals surface area contributed by atoms with Gasteiger partial charge in [-0.3, -0.25) is 9.36 Å². The number of methoxy groups -OCH3 is 3. The van der Waals surface area contributed by atoms with Crippen LogP contribution in [0.4, 0.5) is 13.2 Å². The molecule has 0 unspecified atom stereocenters. The van der Waals surface area contributed by atoms with E-state index in [1.807, 2.05) is 30.3 Å². The summed E-state index contributed by atoms with van der Waals surface area (Å²) in [6, 6.07) is 17.7. The number of aromatic nitrogens is 3. The Labute approximate surface area is 232 Å². The minimum absolute atomic E-state index is 0.127. The van der Waals surface area contributed by atoms with Crippen LogP contribution in [0.5, 0.6) is 17.2 Å². The van der Waals surface area contributed by atoms with Crippen molar-refractivity contribution in [3.05, 3.63) is 77.9 Å². The lowest BCUT2D eigenvalue weighted by Crippen LogP contribution is -2.20. The van der Waals surface area contributed by atoms with Crippen molar-refractivity contribution >= 4 is 23.9 Å². The lowest BCUT2D eigenvalue weighted by molar-refractivity contribution is -0.137. The summed E-state index contributed by atoms with van der Waals surface area (Å²) in [5, 5.41) is 12.7. The van der Waals surface area contributed by atoms with E-state index in [4.69, 9.17) is 14.2 Å². The van der Waals surface area contributed by atoms with E-state index in [9.17, 15) is 18.0 Å². The third-order valence-corrected chi connectivity index (χ3v) is 6.49. The number of ether oxygens (including phenoxy) is 3. The van der Waals surface area contributed by atoms with Gasteiger partial charge in [-0.1, -0.05) is 48.2 Å². The second kappa shape index (κ2) is 12.6. The Balaban J connectivity index is 1.58. The number of hydrazone groups is 1. The van der Waals surface area contributed by atoms with Gasteiger partial charge in [0.25, 0.3) is 5.91 Å². The van der Waals surface area contributed by atoms with E-state index in [1.54, 1.807) is 16.7 Å². The zero-order valence-electron chi connectivity index (χ0n) is 21.6. The van der Waals surface area contributed by atoms with Gasteiger partial charge in [0.15, 0.2) is 22.5 Å². The first kappa shape index (κ1) is 28.5. The van der Waals surface area contributed by atoms with Gasteiger partial charge in [-0.2, -0.15) is 18.3 Å². The maximum Gasteiger partial charge on any atom is 0.417 e. The van der Waals surface area contributed by atoms with Gasteiger partial charge in [0.1, 0.15) is 0 Å². The highest BCUT2D eigenvalue weighted by Gasteiger charge is 2.32. The molecule has 0 spiro atoms. The van der Waals surface area contributed by atoms with Crippen LogP contribution in [-0.2, 0) is 11.0 Å². The maximum atomic E-state index is 13.2. The number of carbonyl (C=O) groups is 1. The van der Waals surface area contributed by atoms with Gasteiger partial charge in [0.2, 0.25) is 5.75 Å². The first-order chi connectivity index (χ1) is 19.3. The van der Waals surface area contributed by atoms with E-state index >= 15 is 0 Å². The summed E-state index contributed by atoms with van der Waals surface area (Å²) >= 11 is 1.08. The minimum Gasteiger partial charge on any atom is -0.493 e. The zero-order chi connectivity index (χ0) is 28.7. The molecule has 0 radical (unpaired) electrons. The quantitative estimate of drug-likeness (QED) is 0.158. The van der Waals surface area contributed by atoms with Crippen LogP contribution in [0.1, 0.15) is 11.1 Å². The number of benzene rings is 3. The number of nitrogens with zero attached hydrogens (tertiary/aromatic N) is 4. The van der Waals surface area contributed by atoms with Crippen LogP contribution in [0, 0.1) is 0 Å². The van der Waals surface area contributed by atoms with E-state index < -0.39 is 17.6 Å². The van der Waals surface area contributed by atoms with E-state index in [-0.39, 0.29) is 11.3 Å². The van der Waals surface area contributed by atoms with Crippen LogP contribution >= 0.6 is 11.8 Å². The molecule has 4 aromatic rings. The molecule has 0 atom stereocenters. The number of thioether (sulfide) groups is 1. The molecule has 0 aliphatic carbocycles. The largest absolute Gasteiger partial charge is 0.493 e. The van der Waals surface area contributed by atoms with E-state index in [1.165, 1.54) is 39.5 Å². The molecule has 0 fully saturated rings. The number of hydrogen-bond donors (Lipinski definition) is 1. The summed E-state index contributed by atoms with van der Waals surface area (Å²) in [5.41, 5.74) is 2.60. The molecule has 1 amide bonds. The summed E-state index contributed by atoms with van der Waals surface area (Å²) in [4.78, 5) is 12.5. The number of halogens is 3. The van der Waals surface area contributed by atoms with Crippen molar-refractivity contribution < 1.29 is 32.2 Å². The van der Waals surface area contributed by atoms with Crippen LogP contribution in [0.15, 0.2) is 77.0 Å². The highest BCUT2D eigenvalue weighted by atomic mass is 32.2. The Hall–Kier alpha value is -4.52. The summed E-state index contributed by atoms with van der Waals surface area (Å²) in [6.45, 7) is 0. The molecule has 13 heteroatoms. The summed E-state index contributed by atoms with van der Waals surface area (Å²) in [5.74, 6) is 1.07. The first-order valence-corrected chi connectivity index (χ1v) is 12.7. The molecule has 9 nitrogen and oxygen atoms in total. The number of nitrogens with one attached hydrogen (secondary N) is 1. The predicted molar refractivity (Wildman–Crippen MR) is 144 cm³/mol. The second-order valence-electron chi connectivity index (χ2n) is 8.06. The Bertz CT molecular complexity index is 1480. The highest BCUT2D eigenvalue weighted by Crippen LogP contribution is 2.41. The third kappa shape index (κ3) is 6.37. The maximum absolute atomic E-state index is 13.2. The molecule has 3 aromatic carbocycles. The smallest absolute Gasteiger partial charge is 0.417 e. The van der Waals surface area contributed by atoms with Gasteiger partial charge in [-0.05, 0) is 30.3 Å². The fourth-order valence-corrected chi connectivity index (χ4v) is 4.52. The molecular formula is C27H24F3N5O4S. The van der Waals surface area contributed by atoms with Gasteiger partial charge in [-0.15, -0.1) is 10.2 Å². The number of rotatable bonds is 10. The minimum atomic E-state index is -4.54. The summed E-state index contributed by atoms with van der Waals surface area (Å²) < 4.78 is 57.7. The second-order valence-corrected chi connectivity index (χ2v) is 9.00. The zero-order valence-corrected chi connectivity index (χ0v) is 22.4. The molecule has 40 heavy (non-hydrogen) atoms. The monoisotopic (exact) mass is 571 g/mol. The van der Waals surface area contributed by atoms with Gasteiger partial charge in [-0.25, -0.2) is 5.43 Å². The van der Waals surface area contributed by atoms with Crippen molar-refractivity contribution in [3.8, 4) is 34.3 Å². The predicted octanol–water partition coefficient (Wildman–Crippen LogP) is 5.22. The molecule has 0 aliphatic rings. The Morgan fingerprint density at radius 1 is 0.975 bits per heavy atom. The summed E-state index contributed by atoms with van der Waals surface area (Å²) in [7, 11) is 4.52. The van der Waals surface area contributed by atoms with Gasteiger partial charge < -0.3 is 14.2 Å². The number of carbonyl (C=O) groups excluding carboxylic acids is 1. The number of para-hydroxylation sites is 1. The SMILES string of the molecule is COc1cc(-c2nnc(SCC(=O)N/N=C/c3ccccc3C(F)(F)F)n2-c2ccccc2)cc(OC)c1OC. The van der Waals surface area contributed by atoms with Gasteiger partial charge in [0, 0.05) is 16.8 Å². The summed E-state index contributed by atoms with van der Waals surface area (Å²) in [6.07, 6.45) is -3.58. The first-order valence-electron chi connectivity index (χ1n) is 11.7. The van der Waals surface area contributed by atoms with Crippen molar-refractivity contribution in [1.82, 2.24) is 20.2 Å². The molecule has 1 N–H and O–H groups in total. The van der Waals surface area contributed by atoms with E-state index in [2.05, 4.69) is 20.7 Å². The normalized spacial score (nSPS) is 11.4.